The minimum Gasteiger partial charge on any atom is -0.321 e. The van der Waals surface area contributed by atoms with Crippen LogP contribution >= 0.6 is 0 Å². The van der Waals surface area contributed by atoms with Crippen molar-refractivity contribution in [1.82, 2.24) is 0 Å². The Bertz CT molecular complexity index is 195. The molecule has 0 saturated carbocycles. The van der Waals surface area contributed by atoms with Gasteiger partial charge in [0, 0.05) is 13.2 Å². The van der Waals surface area contributed by atoms with Crippen LogP contribution < -0.4 is 0 Å². The van der Waals surface area contributed by atoms with Gasteiger partial charge in [0.15, 0.2) is 0 Å². The molecule has 0 spiro atoms. The van der Waals surface area contributed by atoms with Crippen LogP contribution in [0.2, 0.25) is 0 Å². The third-order valence-corrected chi connectivity index (χ3v) is 2.38. The Morgan fingerprint density at radius 3 is 1.31 bits per heavy atom. The Labute approximate surface area is 94.7 Å². The summed E-state index contributed by atoms with van der Waals surface area (Å²) < 4.78 is 33.0. The van der Waals surface area contributed by atoms with E-state index in [1.54, 1.807) is 0 Å². The van der Waals surface area contributed by atoms with Crippen LogP contribution in [0.25, 0.3) is 0 Å². The van der Waals surface area contributed by atoms with Gasteiger partial charge in [0.2, 0.25) is 0 Å². The molecule has 2 heterocycles. The van der Waals surface area contributed by atoms with Gasteiger partial charge in [0.1, 0.15) is 0 Å². The van der Waals surface area contributed by atoms with Crippen molar-refractivity contribution in [1.29, 1.82) is 0 Å². The molecule has 6 heteroatoms. The van der Waals surface area contributed by atoms with Crippen LogP contribution in [0.15, 0.2) is 0 Å². The van der Waals surface area contributed by atoms with Crippen molar-refractivity contribution in [2.24, 2.45) is 0 Å². The van der Waals surface area contributed by atoms with E-state index in [0.29, 0.717) is 39.6 Å². The molecular formula is C10H18O6. The normalized spacial score (nSPS) is 27.4. The van der Waals surface area contributed by atoms with Gasteiger partial charge in [-0.3, -0.25) is 0 Å². The summed E-state index contributed by atoms with van der Waals surface area (Å²) in [6, 6.07) is 0. The Balaban J connectivity index is 2.20. The molecule has 0 radical (unpaired) electrons. The number of rotatable bonds is 5. The van der Waals surface area contributed by atoms with Crippen LogP contribution in [0.1, 0.15) is 13.8 Å². The zero-order valence-electron chi connectivity index (χ0n) is 9.69. The van der Waals surface area contributed by atoms with E-state index < -0.39 is 11.9 Å². The lowest BCUT2D eigenvalue weighted by Crippen LogP contribution is -2.59. The molecule has 0 aromatic heterocycles. The second-order valence-electron chi connectivity index (χ2n) is 3.37. The Kier molecular flexibility index (Phi) is 3.78. The highest BCUT2D eigenvalue weighted by molar-refractivity contribution is 4.80. The molecule has 0 aromatic rings. The van der Waals surface area contributed by atoms with Gasteiger partial charge in [-0.05, 0) is 13.8 Å². The zero-order valence-corrected chi connectivity index (χ0v) is 9.69. The van der Waals surface area contributed by atoms with E-state index >= 15 is 0 Å². The zero-order chi connectivity index (χ0) is 11.5. The highest BCUT2D eigenvalue weighted by Gasteiger charge is 2.64. The molecule has 0 atom stereocenters. The molecule has 2 rings (SSSR count). The maximum atomic E-state index is 5.51. The highest BCUT2D eigenvalue weighted by Crippen LogP contribution is 2.40. The first kappa shape index (κ1) is 12.2. The molecule has 2 fully saturated rings. The van der Waals surface area contributed by atoms with Crippen LogP contribution in [0.4, 0.5) is 0 Å². The third kappa shape index (κ3) is 1.85. The first-order chi connectivity index (χ1) is 7.79. The van der Waals surface area contributed by atoms with E-state index in [-0.39, 0.29) is 0 Å². The maximum absolute atomic E-state index is 5.51. The van der Waals surface area contributed by atoms with Gasteiger partial charge in [-0.2, -0.15) is 0 Å². The smallest absolute Gasteiger partial charge is 0.321 e. The minimum atomic E-state index is -1.39. The van der Waals surface area contributed by atoms with Crippen molar-refractivity contribution in [2.45, 2.75) is 25.8 Å². The van der Waals surface area contributed by atoms with Gasteiger partial charge in [-0.25, -0.2) is 0 Å². The summed E-state index contributed by atoms with van der Waals surface area (Å²) in [6.07, 6.45) is 0. The van der Waals surface area contributed by atoms with Gasteiger partial charge in [0.25, 0.3) is 0 Å². The quantitative estimate of drug-likeness (QED) is 0.689. The van der Waals surface area contributed by atoms with Gasteiger partial charge in [-0.15, -0.1) is 0 Å². The number of ether oxygens (including phenoxy) is 6. The predicted molar refractivity (Wildman–Crippen MR) is 52.5 cm³/mol. The Morgan fingerprint density at radius 1 is 0.750 bits per heavy atom. The van der Waals surface area contributed by atoms with Gasteiger partial charge in [-0.1, -0.05) is 0 Å². The van der Waals surface area contributed by atoms with Crippen molar-refractivity contribution in [3.8, 4) is 0 Å². The second kappa shape index (κ2) is 4.95. The molecule has 0 bridgehead atoms. The van der Waals surface area contributed by atoms with Crippen molar-refractivity contribution >= 4 is 0 Å². The van der Waals surface area contributed by atoms with Gasteiger partial charge in [0.05, 0.1) is 26.4 Å². The molecule has 16 heavy (non-hydrogen) atoms. The van der Waals surface area contributed by atoms with Gasteiger partial charge < -0.3 is 28.4 Å². The fourth-order valence-electron chi connectivity index (χ4n) is 1.86. The van der Waals surface area contributed by atoms with Crippen LogP contribution in [-0.2, 0) is 28.4 Å². The van der Waals surface area contributed by atoms with Crippen molar-refractivity contribution < 1.29 is 28.4 Å². The van der Waals surface area contributed by atoms with Crippen molar-refractivity contribution in [3.63, 3.8) is 0 Å². The van der Waals surface area contributed by atoms with Crippen LogP contribution in [0.3, 0.4) is 0 Å². The molecule has 6 nitrogen and oxygen atoms in total. The van der Waals surface area contributed by atoms with E-state index in [0.717, 1.165) is 0 Å². The molecule has 0 amide bonds. The first-order valence-corrected chi connectivity index (χ1v) is 5.62. The monoisotopic (exact) mass is 234 g/mol. The summed E-state index contributed by atoms with van der Waals surface area (Å²) in [6.45, 7) is 6.26. The summed E-state index contributed by atoms with van der Waals surface area (Å²) in [4.78, 5) is 0. The van der Waals surface area contributed by atoms with Crippen LogP contribution in [0.5, 0.6) is 0 Å². The summed E-state index contributed by atoms with van der Waals surface area (Å²) in [5.74, 6) is -2.79. The second-order valence-corrected chi connectivity index (χ2v) is 3.37. The van der Waals surface area contributed by atoms with Crippen LogP contribution in [-0.4, -0.2) is 51.6 Å². The molecule has 0 unspecified atom stereocenters. The molecule has 0 aromatic carbocycles. The van der Waals surface area contributed by atoms with Gasteiger partial charge >= 0.3 is 11.9 Å². The standard InChI is InChI=1S/C10H18O6/c1-3-11-9(13-5-6-14-9)10(12-4-2)15-7-8-16-10/h3-8H2,1-2H3. The third-order valence-electron chi connectivity index (χ3n) is 2.38. The molecule has 0 aliphatic carbocycles. The summed E-state index contributed by atoms with van der Waals surface area (Å²) in [5.41, 5.74) is 0. The Hall–Kier alpha value is -0.240. The van der Waals surface area contributed by atoms with E-state index in [2.05, 4.69) is 0 Å². The highest BCUT2D eigenvalue weighted by atomic mass is 17.0. The molecule has 2 aliphatic heterocycles. The maximum Gasteiger partial charge on any atom is 0.370 e. The lowest BCUT2D eigenvalue weighted by molar-refractivity contribution is -0.518. The fraction of sp³-hybridized carbons (Fsp3) is 1.00. The average Bonchev–Trinajstić information content (AvgIpc) is 2.89. The molecular weight excluding hydrogens is 216 g/mol. The lowest BCUT2D eigenvalue weighted by atomic mass is 10.4. The summed E-state index contributed by atoms with van der Waals surface area (Å²) >= 11 is 0. The molecule has 2 aliphatic rings. The van der Waals surface area contributed by atoms with Crippen LogP contribution in [0, 0.1) is 0 Å². The van der Waals surface area contributed by atoms with E-state index in [1.807, 2.05) is 13.8 Å². The largest absolute Gasteiger partial charge is 0.370 e. The van der Waals surface area contributed by atoms with E-state index in [1.165, 1.54) is 0 Å². The fourth-order valence-corrected chi connectivity index (χ4v) is 1.86. The minimum absolute atomic E-state index is 0.418. The molecule has 2 saturated heterocycles. The number of hydrogen-bond donors (Lipinski definition) is 0. The first-order valence-electron chi connectivity index (χ1n) is 5.62. The predicted octanol–water partition coefficient (Wildman–Crippen LogP) is 0.461. The molecule has 0 N–H and O–H groups in total. The summed E-state index contributed by atoms with van der Waals surface area (Å²) in [5, 5.41) is 0. The molecule has 94 valence electrons. The van der Waals surface area contributed by atoms with Crippen molar-refractivity contribution in [3.05, 3.63) is 0 Å². The average molecular weight is 234 g/mol. The lowest BCUT2D eigenvalue weighted by Gasteiger charge is -2.39. The Morgan fingerprint density at radius 2 is 1.06 bits per heavy atom. The van der Waals surface area contributed by atoms with Crippen molar-refractivity contribution in [2.75, 3.05) is 39.6 Å². The SMILES string of the molecule is CCOC1(C2(OCC)OCCO2)OCCO1. The van der Waals surface area contributed by atoms with E-state index in [9.17, 15) is 0 Å². The summed E-state index contributed by atoms with van der Waals surface area (Å²) in [7, 11) is 0. The topological polar surface area (TPSA) is 55.4 Å². The number of hydrogen-bond acceptors (Lipinski definition) is 6. The van der Waals surface area contributed by atoms with E-state index in [4.69, 9.17) is 28.4 Å².